The first kappa shape index (κ1) is 21.9. The summed E-state index contributed by atoms with van der Waals surface area (Å²) in [5.74, 6) is 0.0175. The van der Waals surface area contributed by atoms with E-state index in [2.05, 4.69) is 16.6 Å². The van der Waals surface area contributed by atoms with Gasteiger partial charge in [-0.3, -0.25) is 9.52 Å². The van der Waals surface area contributed by atoms with Gasteiger partial charge in [-0.05, 0) is 24.3 Å². The Morgan fingerprint density at radius 1 is 1.11 bits per heavy atom. The summed E-state index contributed by atoms with van der Waals surface area (Å²) in [6.07, 6.45) is 1.49. The second kappa shape index (κ2) is 9.18. The van der Waals surface area contributed by atoms with Crippen molar-refractivity contribution in [2.24, 2.45) is 0 Å². The molecule has 0 fully saturated rings. The summed E-state index contributed by atoms with van der Waals surface area (Å²) in [6, 6.07) is 6.62. The van der Waals surface area contributed by atoms with Crippen LogP contribution in [0.2, 0.25) is 10.0 Å². The Labute approximate surface area is 173 Å². The number of rotatable bonds is 8. The first-order valence-electron chi connectivity index (χ1n) is 7.86. The molecule has 0 aliphatic heterocycles. The minimum atomic E-state index is -4.06. The lowest BCUT2D eigenvalue weighted by Gasteiger charge is -2.15. The molecule has 0 radical (unpaired) electrons. The van der Waals surface area contributed by atoms with Crippen LogP contribution in [0.1, 0.15) is 10.4 Å². The maximum atomic E-state index is 12.8. The molecule has 2 N–H and O–H groups in total. The zero-order valence-corrected chi connectivity index (χ0v) is 17.4. The summed E-state index contributed by atoms with van der Waals surface area (Å²) in [5.41, 5.74) is 0.132. The minimum Gasteiger partial charge on any atom is -0.495 e. The normalized spacial score (nSPS) is 10.9. The summed E-state index contributed by atoms with van der Waals surface area (Å²) < 4.78 is 38.3. The van der Waals surface area contributed by atoms with Crippen molar-refractivity contribution in [3.05, 3.63) is 58.6 Å². The lowest BCUT2D eigenvalue weighted by Crippen LogP contribution is -2.24. The second-order valence-corrected chi connectivity index (χ2v) is 7.93. The number of ether oxygens (including phenoxy) is 2. The molecule has 0 bridgehead atoms. The van der Waals surface area contributed by atoms with Gasteiger partial charge >= 0.3 is 0 Å². The first-order valence-corrected chi connectivity index (χ1v) is 10.1. The van der Waals surface area contributed by atoms with Gasteiger partial charge in [-0.25, -0.2) is 8.42 Å². The van der Waals surface area contributed by atoms with Gasteiger partial charge in [-0.15, -0.1) is 6.58 Å². The van der Waals surface area contributed by atoms with Crippen LogP contribution in [-0.4, -0.2) is 35.1 Å². The SMILES string of the molecule is C=CCNC(=O)c1cc(S(=O)(=O)Nc2cc(Cl)c(OC)cc2OC)ccc1Cl. The minimum absolute atomic E-state index is 0.0196. The smallest absolute Gasteiger partial charge is 0.262 e. The van der Waals surface area contributed by atoms with Crippen molar-refractivity contribution in [3.8, 4) is 11.5 Å². The number of carbonyl (C=O) groups is 1. The van der Waals surface area contributed by atoms with Crippen molar-refractivity contribution in [1.82, 2.24) is 5.32 Å². The Morgan fingerprint density at radius 3 is 2.39 bits per heavy atom. The highest BCUT2D eigenvalue weighted by Crippen LogP contribution is 2.37. The molecule has 0 heterocycles. The van der Waals surface area contributed by atoms with E-state index in [1.165, 1.54) is 50.6 Å². The number of sulfonamides is 1. The summed E-state index contributed by atoms with van der Waals surface area (Å²) in [6.45, 7) is 3.72. The van der Waals surface area contributed by atoms with E-state index in [0.29, 0.717) is 5.75 Å². The van der Waals surface area contributed by atoms with Gasteiger partial charge in [0.05, 0.1) is 40.4 Å². The molecule has 0 aliphatic rings. The number of amides is 1. The van der Waals surface area contributed by atoms with E-state index in [1.54, 1.807) is 0 Å². The molecule has 0 spiro atoms. The molecule has 2 aromatic rings. The molecule has 10 heteroatoms. The fourth-order valence-electron chi connectivity index (χ4n) is 2.25. The average Bonchev–Trinajstić information content (AvgIpc) is 2.66. The summed E-state index contributed by atoms with van der Waals surface area (Å²) >= 11 is 12.1. The number of carbonyl (C=O) groups excluding carboxylic acids is 1. The van der Waals surface area contributed by atoms with Crippen LogP contribution in [0.5, 0.6) is 11.5 Å². The van der Waals surface area contributed by atoms with Crippen molar-refractivity contribution in [2.45, 2.75) is 4.90 Å². The molecule has 0 atom stereocenters. The molecule has 150 valence electrons. The molecule has 0 aromatic heterocycles. The number of anilines is 1. The second-order valence-electron chi connectivity index (χ2n) is 5.43. The third-order valence-corrected chi connectivity index (χ3v) is 5.61. The fraction of sp³-hybridized carbons (Fsp3) is 0.167. The summed E-state index contributed by atoms with van der Waals surface area (Å²) in [7, 11) is -1.26. The lowest BCUT2D eigenvalue weighted by atomic mass is 10.2. The number of nitrogens with one attached hydrogen (secondary N) is 2. The molecule has 0 unspecified atom stereocenters. The molecular weight excluding hydrogens is 427 g/mol. The van der Waals surface area contributed by atoms with Gasteiger partial charge in [0.15, 0.2) is 0 Å². The van der Waals surface area contributed by atoms with Crippen LogP contribution >= 0.6 is 23.2 Å². The third kappa shape index (κ3) is 4.89. The molecule has 28 heavy (non-hydrogen) atoms. The Bertz CT molecular complexity index is 1010. The summed E-state index contributed by atoms with van der Waals surface area (Å²) in [4.78, 5) is 12.0. The maximum Gasteiger partial charge on any atom is 0.262 e. The molecule has 2 aromatic carbocycles. The predicted octanol–water partition coefficient (Wildman–Crippen LogP) is 3.73. The zero-order chi connectivity index (χ0) is 20.9. The zero-order valence-electron chi connectivity index (χ0n) is 15.1. The average molecular weight is 445 g/mol. The van der Waals surface area contributed by atoms with E-state index >= 15 is 0 Å². The van der Waals surface area contributed by atoms with Crippen molar-refractivity contribution in [3.63, 3.8) is 0 Å². The van der Waals surface area contributed by atoms with Crippen LogP contribution in [0.25, 0.3) is 0 Å². The Morgan fingerprint density at radius 2 is 1.79 bits per heavy atom. The number of hydrogen-bond acceptors (Lipinski definition) is 5. The summed E-state index contributed by atoms with van der Waals surface area (Å²) in [5, 5.41) is 2.86. The highest BCUT2D eigenvalue weighted by atomic mass is 35.5. The molecule has 7 nitrogen and oxygen atoms in total. The van der Waals surface area contributed by atoms with E-state index in [-0.39, 0.29) is 38.5 Å². The van der Waals surface area contributed by atoms with Crippen LogP contribution < -0.4 is 19.5 Å². The van der Waals surface area contributed by atoms with Gasteiger partial charge in [0.25, 0.3) is 15.9 Å². The topological polar surface area (TPSA) is 93.7 Å². The van der Waals surface area contributed by atoms with Gasteiger partial charge < -0.3 is 14.8 Å². The highest BCUT2D eigenvalue weighted by Gasteiger charge is 2.21. The van der Waals surface area contributed by atoms with E-state index in [4.69, 9.17) is 32.7 Å². The van der Waals surface area contributed by atoms with Crippen LogP contribution in [0.15, 0.2) is 47.9 Å². The predicted molar refractivity (Wildman–Crippen MR) is 109 cm³/mol. The number of halogens is 2. The highest BCUT2D eigenvalue weighted by molar-refractivity contribution is 7.92. The van der Waals surface area contributed by atoms with Crippen molar-refractivity contribution in [2.75, 3.05) is 25.5 Å². The van der Waals surface area contributed by atoms with Crippen molar-refractivity contribution < 1.29 is 22.7 Å². The fourth-order valence-corrected chi connectivity index (χ4v) is 3.78. The van der Waals surface area contributed by atoms with E-state index in [0.717, 1.165) is 0 Å². The number of benzene rings is 2. The Hall–Kier alpha value is -2.42. The number of methoxy groups -OCH3 is 2. The largest absolute Gasteiger partial charge is 0.495 e. The molecule has 0 saturated heterocycles. The molecule has 1 amide bonds. The van der Waals surface area contributed by atoms with Crippen LogP contribution in [0, 0.1) is 0 Å². The van der Waals surface area contributed by atoms with Gasteiger partial charge in [0, 0.05) is 12.6 Å². The van der Waals surface area contributed by atoms with Gasteiger partial charge in [-0.2, -0.15) is 0 Å². The standard InChI is InChI=1S/C18H18Cl2N2O5S/c1-4-7-21-18(23)12-8-11(5-6-13(12)19)28(24,25)22-15-9-14(20)16(26-2)10-17(15)27-3/h4-6,8-10,22H,1,7H2,2-3H3,(H,21,23). The van der Waals surface area contributed by atoms with E-state index in [9.17, 15) is 13.2 Å². The van der Waals surface area contributed by atoms with E-state index in [1.807, 2.05) is 0 Å². The maximum absolute atomic E-state index is 12.8. The van der Waals surface area contributed by atoms with Gasteiger partial charge in [-0.1, -0.05) is 29.3 Å². The van der Waals surface area contributed by atoms with Crippen molar-refractivity contribution in [1.29, 1.82) is 0 Å². The molecule has 2 rings (SSSR count). The number of hydrogen-bond donors (Lipinski definition) is 2. The molecule has 0 saturated carbocycles. The monoisotopic (exact) mass is 444 g/mol. The van der Waals surface area contributed by atoms with E-state index < -0.39 is 15.9 Å². The van der Waals surface area contributed by atoms with Crippen LogP contribution in [0.4, 0.5) is 5.69 Å². The van der Waals surface area contributed by atoms with Gasteiger partial charge in [0.2, 0.25) is 0 Å². The Kier molecular flexibility index (Phi) is 7.17. The molecular formula is C18H18Cl2N2O5S. The third-order valence-electron chi connectivity index (χ3n) is 3.62. The molecule has 0 aliphatic carbocycles. The van der Waals surface area contributed by atoms with Crippen LogP contribution in [0.3, 0.4) is 0 Å². The Balaban J connectivity index is 2.42. The van der Waals surface area contributed by atoms with Gasteiger partial charge in [0.1, 0.15) is 11.5 Å². The van der Waals surface area contributed by atoms with Crippen molar-refractivity contribution >= 4 is 44.8 Å². The first-order chi connectivity index (χ1) is 13.2. The van der Waals surface area contributed by atoms with Crippen LogP contribution in [-0.2, 0) is 10.0 Å². The quantitative estimate of drug-likeness (QED) is 0.604. The lowest BCUT2D eigenvalue weighted by molar-refractivity contribution is 0.0958.